The first kappa shape index (κ1) is 18.1. The lowest BCUT2D eigenvalue weighted by atomic mass is 9.90. The highest BCUT2D eigenvalue weighted by atomic mass is 35.5. The Kier molecular flexibility index (Phi) is 5.03. The van der Waals surface area contributed by atoms with E-state index in [2.05, 4.69) is 5.32 Å². The summed E-state index contributed by atoms with van der Waals surface area (Å²) in [7, 11) is 3.21. The minimum Gasteiger partial charge on any atom is -0.481 e. The molecule has 1 unspecified atom stereocenters. The molecule has 0 spiro atoms. The molecule has 1 aromatic rings. The van der Waals surface area contributed by atoms with Crippen molar-refractivity contribution in [1.82, 2.24) is 9.80 Å². The third-order valence-electron chi connectivity index (χ3n) is 4.13. The Labute approximate surface area is 145 Å². The van der Waals surface area contributed by atoms with Gasteiger partial charge >= 0.3 is 12.0 Å². The first-order valence-electron chi connectivity index (χ1n) is 7.44. The summed E-state index contributed by atoms with van der Waals surface area (Å²) in [5.74, 6) is -1.26. The quantitative estimate of drug-likeness (QED) is 0.872. The van der Waals surface area contributed by atoms with Crippen molar-refractivity contribution < 1.29 is 19.5 Å². The molecule has 7 nitrogen and oxygen atoms in total. The summed E-state index contributed by atoms with van der Waals surface area (Å²) in [5, 5.41) is 12.2. The van der Waals surface area contributed by atoms with E-state index >= 15 is 0 Å². The molecule has 24 heavy (non-hydrogen) atoms. The number of likely N-dealkylation sites (tertiary alicyclic amines) is 1. The van der Waals surface area contributed by atoms with Gasteiger partial charge in [0, 0.05) is 32.9 Å². The summed E-state index contributed by atoms with van der Waals surface area (Å²) in [6.45, 7) is 2.11. The number of urea groups is 1. The number of carboxylic acid groups (broad SMARTS) is 1. The van der Waals surface area contributed by atoms with Gasteiger partial charge in [-0.1, -0.05) is 11.6 Å². The van der Waals surface area contributed by atoms with E-state index in [1.54, 1.807) is 27.1 Å². The predicted molar refractivity (Wildman–Crippen MR) is 90.4 cm³/mol. The number of amides is 3. The molecular formula is C16H20ClN3O4. The van der Waals surface area contributed by atoms with Crippen molar-refractivity contribution in [2.75, 3.05) is 32.5 Å². The van der Waals surface area contributed by atoms with Crippen LogP contribution in [0.5, 0.6) is 0 Å². The van der Waals surface area contributed by atoms with Crippen molar-refractivity contribution in [3.8, 4) is 0 Å². The van der Waals surface area contributed by atoms with Crippen LogP contribution >= 0.6 is 11.6 Å². The Morgan fingerprint density at radius 2 is 2.00 bits per heavy atom. The summed E-state index contributed by atoms with van der Waals surface area (Å²) in [4.78, 5) is 38.6. The van der Waals surface area contributed by atoms with Gasteiger partial charge in [-0.2, -0.15) is 0 Å². The van der Waals surface area contributed by atoms with Gasteiger partial charge in [0.15, 0.2) is 0 Å². The van der Waals surface area contributed by atoms with Gasteiger partial charge in [0.1, 0.15) is 0 Å². The number of nitrogens with one attached hydrogen (secondary N) is 1. The Balaban J connectivity index is 2.21. The number of halogens is 1. The van der Waals surface area contributed by atoms with Crippen molar-refractivity contribution in [3.63, 3.8) is 0 Å². The summed E-state index contributed by atoms with van der Waals surface area (Å²) in [5.41, 5.74) is -0.261. The summed E-state index contributed by atoms with van der Waals surface area (Å²) >= 11 is 6.12. The van der Waals surface area contributed by atoms with Gasteiger partial charge in [-0.05, 0) is 31.5 Å². The van der Waals surface area contributed by atoms with Gasteiger partial charge in [-0.3, -0.25) is 9.59 Å². The molecule has 0 aromatic heterocycles. The number of benzene rings is 1. The maximum Gasteiger partial charge on any atom is 0.321 e. The van der Waals surface area contributed by atoms with Crippen molar-refractivity contribution >= 4 is 35.2 Å². The van der Waals surface area contributed by atoms with E-state index in [-0.39, 0.29) is 29.1 Å². The highest BCUT2D eigenvalue weighted by Gasteiger charge is 2.42. The van der Waals surface area contributed by atoms with Crippen LogP contribution in [0.25, 0.3) is 0 Å². The lowest BCUT2D eigenvalue weighted by Gasteiger charge is -2.21. The van der Waals surface area contributed by atoms with Crippen molar-refractivity contribution in [3.05, 3.63) is 28.8 Å². The molecule has 1 aromatic carbocycles. The summed E-state index contributed by atoms with van der Waals surface area (Å²) < 4.78 is 0. The number of hydrogen-bond acceptors (Lipinski definition) is 3. The van der Waals surface area contributed by atoms with Crippen molar-refractivity contribution in [2.45, 2.75) is 13.3 Å². The molecule has 1 saturated heterocycles. The second-order valence-corrected chi connectivity index (χ2v) is 6.77. The molecule has 1 aliphatic heterocycles. The molecule has 1 heterocycles. The molecule has 2 rings (SSSR count). The SMILES string of the molecule is CN(C)C(=O)Nc1ccc(Cl)c(C(=O)N2CCC(C)(C(=O)O)C2)c1. The van der Waals surface area contributed by atoms with Crippen molar-refractivity contribution in [2.24, 2.45) is 5.41 Å². The molecule has 0 aliphatic carbocycles. The Hall–Kier alpha value is -2.28. The molecular weight excluding hydrogens is 334 g/mol. The zero-order valence-electron chi connectivity index (χ0n) is 13.8. The number of carbonyl (C=O) groups is 3. The largest absolute Gasteiger partial charge is 0.481 e. The first-order chi connectivity index (χ1) is 11.1. The van der Waals surface area contributed by atoms with Crippen LogP contribution in [0.4, 0.5) is 10.5 Å². The van der Waals surface area contributed by atoms with E-state index in [1.165, 1.54) is 21.9 Å². The number of anilines is 1. The lowest BCUT2D eigenvalue weighted by molar-refractivity contribution is -0.147. The Bertz CT molecular complexity index is 692. The highest BCUT2D eigenvalue weighted by molar-refractivity contribution is 6.34. The Morgan fingerprint density at radius 3 is 2.54 bits per heavy atom. The van der Waals surface area contributed by atoms with Crippen LogP contribution < -0.4 is 5.32 Å². The van der Waals surface area contributed by atoms with Gasteiger partial charge in [0.25, 0.3) is 5.91 Å². The van der Waals surface area contributed by atoms with Gasteiger partial charge in [-0.25, -0.2) is 4.79 Å². The number of carbonyl (C=O) groups excluding carboxylic acids is 2. The number of nitrogens with zero attached hydrogens (tertiary/aromatic N) is 2. The van der Waals surface area contributed by atoms with Crippen LogP contribution in [0.15, 0.2) is 18.2 Å². The van der Waals surface area contributed by atoms with Crippen LogP contribution in [0.1, 0.15) is 23.7 Å². The zero-order chi connectivity index (χ0) is 18.1. The predicted octanol–water partition coefficient (Wildman–Crippen LogP) is 2.37. The van der Waals surface area contributed by atoms with Crippen LogP contribution in [0, 0.1) is 5.41 Å². The van der Waals surface area contributed by atoms with Gasteiger partial charge in [-0.15, -0.1) is 0 Å². The van der Waals surface area contributed by atoms with E-state index in [1.807, 2.05) is 0 Å². The maximum absolute atomic E-state index is 12.7. The van der Waals surface area contributed by atoms with E-state index in [4.69, 9.17) is 11.6 Å². The van der Waals surface area contributed by atoms with Crippen LogP contribution in [-0.4, -0.2) is 60.0 Å². The van der Waals surface area contributed by atoms with Crippen LogP contribution in [0.3, 0.4) is 0 Å². The summed E-state index contributed by atoms with van der Waals surface area (Å²) in [6.07, 6.45) is 0.392. The van der Waals surface area contributed by atoms with E-state index in [9.17, 15) is 19.5 Å². The average molecular weight is 354 g/mol. The molecule has 0 bridgehead atoms. The third kappa shape index (κ3) is 3.62. The molecule has 1 aliphatic rings. The number of aliphatic carboxylic acids is 1. The van der Waals surface area contributed by atoms with Crippen LogP contribution in [0.2, 0.25) is 5.02 Å². The maximum atomic E-state index is 12.7. The molecule has 1 fully saturated rings. The smallest absolute Gasteiger partial charge is 0.321 e. The normalized spacial score (nSPS) is 19.9. The molecule has 0 saturated carbocycles. The fourth-order valence-corrected chi connectivity index (χ4v) is 2.68. The number of rotatable bonds is 3. The second-order valence-electron chi connectivity index (χ2n) is 6.36. The highest BCUT2D eigenvalue weighted by Crippen LogP contribution is 2.32. The zero-order valence-corrected chi connectivity index (χ0v) is 14.6. The lowest BCUT2D eigenvalue weighted by Crippen LogP contribution is -2.35. The van der Waals surface area contributed by atoms with Gasteiger partial charge in [0.05, 0.1) is 16.0 Å². The number of hydrogen-bond donors (Lipinski definition) is 2. The third-order valence-corrected chi connectivity index (χ3v) is 4.46. The molecule has 2 N–H and O–H groups in total. The van der Waals surface area contributed by atoms with Gasteiger partial charge < -0.3 is 20.2 Å². The molecule has 0 radical (unpaired) electrons. The molecule has 130 valence electrons. The average Bonchev–Trinajstić information content (AvgIpc) is 2.92. The van der Waals surface area contributed by atoms with E-state index in [0.29, 0.717) is 18.7 Å². The number of carboxylic acids is 1. The van der Waals surface area contributed by atoms with Crippen molar-refractivity contribution in [1.29, 1.82) is 0 Å². The topological polar surface area (TPSA) is 90.0 Å². The fraction of sp³-hybridized carbons (Fsp3) is 0.438. The fourth-order valence-electron chi connectivity index (χ4n) is 2.48. The minimum absolute atomic E-state index is 0.131. The molecule has 3 amide bonds. The molecule has 8 heteroatoms. The second kappa shape index (κ2) is 6.68. The van der Waals surface area contributed by atoms with E-state index in [0.717, 1.165) is 0 Å². The Morgan fingerprint density at radius 1 is 1.33 bits per heavy atom. The van der Waals surface area contributed by atoms with Gasteiger partial charge in [0.2, 0.25) is 0 Å². The monoisotopic (exact) mass is 353 g/mol. The van der Waals surface area contributed by atoms with E-state index < -0.39 is 11.4 Å². The summed E-state index contributed by atoms with van der Waals surface area (Å²) in [6, 6.07) is 4.32. The standard InChI is InChI=1S/C16H20ClN3O4/c1-16(14(22)23)6-7-20(9-16)13(21)11-8-10(4-5-12(11)17)18-15(24)19(2)3/h4-5,8H,6-7,9H2,1-3H3,(H,18,24)(H,22,23). The first-order valence-corrected chi connectivity index (χ1v) is 7.82. The minimum atomic E-state index is -0.946. The van der Waals surface area contributed by atoms with Crippen LogP contribution in [-0.2, 0) is 4.79 Å². The molecule has 1 atom stereocenters.